The fourth-order valence-electron chi connectivity index (χ4n) is 2.18. The highest BCUT2D eigenvalue weighted by atomic mass is 32.2. The van der Waals surface area contributed by atoms with Crippen LogP contribution < -0.4 is 14.8 Å². The minimum atomic E-state index is -3.48. The molecule has 9 heteroatoms. The first-order valence-corrected chi connectivity index (χ1v) is 9.99. The Morgan fingerprint density at radius 2 is 1.64 bits per heavy atom. The molecule has 0 bridgehead atoms. The molecule has 0 aliphatic carbocycles. The van der Waals surface area contributed by atoms with E-state index in [1.54, 1.807) is 19.1 Å². The van der Waals surface area contributed by atoms with Gasteiger partial charge in [0, 0.05) is 14.1 Å². The van der Waals surface area contributed by atoms with E-state index in [2.05, 4.69) is 5.32 Å². The molecule has 152 valence electrons. The van der Waals surface area contributed by atoms with Crippen molar-refractivity contribution in [2.24, 2.45) is 0 Å². The third-order valence-corrected chi connectivity index (χ3v) is 5.60. The SMILES string of the molecule is CC(Oc1ccc(F)cc1)C(=O)NCCOc1ccc(S(=O)(=O)N(C)C)cc1. The summed E-state index contributed by atoms with van der Waals surface area (Å²) in [6.45, 7) is 2.03. The highest BCUT2D eigenvalue weighted by Crippen LogP contribution is 2.18. The molecule has 2 aromatic rings. The van der Waals surface area contributed by atoms with E-state index in [1.807, 2.05) is 0 Å². The molecular weight excluding hydrogens is 387 g/mol. The van der Waals surface area contributed by atoms with Gasteiger partial charge in [0.15, 0.2) is 6.10 Å². The zero-order chi connectivity index (χ0) is 20.7. The monoisotopic (exact) mass is 410 g/mol. The summed E-state index contributed by atoms with van der Waals surface area (Å²) in [6, 6.07) is 11.4. The second-order valence-electron chi connectivity index (χ2n) is 6.11. The predicted molar refractivity (Wildman–Crippen MR) is 102 cm³/mol. The van der Waals surface area contributed by atoms with E-state index in [0.29, 0.717) is 11.5 Å². The number of hydrogen-bond donors (Lipinski definition) is 1. The van der Waals surface area contributed by atoms with Crippen LogP contribution in [0, 0.1) is 5.82 Å². The number of halogens is 1. The molecule has 0 radical (unpaired) electrons. The molecule has 0 spiro atoms. The Kier molecular flexibility index (Phi) is 7.36. The fraction of sp³-hybridized carbons (Fsp3) is 0.316. The molecule has 0 heterocycles. The van der Waals surface area contributed by atoms with E-state index in [-0.39, 0.29) is 29.8 Å². The largest absolute Gasteiger partial charge is 0.492 e. The molecule has 1 amide bonds. The third kappa shape index (κ3) is 5.93. The quantitative estimate of drug-likeness (QED) is 0.640. The Morgan fingerprint density at radius 3 is 2.21 bits per heavy atom. The van der Waals surface area contributed by atoms with Crippen LogP contribution in [0.3, 0.4) is 0 Å². The van der Waals surface area contributed by atoms with Crippen LogP contribution in [-0.4, -0.2) is 52.0 Å². The van der Waals surface area contributed by atoms with Gasteiger partial charge in [0.1, 0.15) is 23.9 Å². The lowest BCUT2D eigenvalue weighted by Crippen LogP contribution is -2.38. The molecule has 0 aliphatic rings. The van der Waals surface area contributed by atoms with E-state index >= 15 is 0 Å². The minimum absolute atomic E-state index is 0.171. The average Bonchev–Trinajstić information content (AvgIpc) is 2.67. The second kappa shape index (κ2) is 9.52. The van der Waals surface area contributed by atoms with Gasteiger partial charge in [-0.25, -0.2) is 17.1 Å². The zero-order valence-corrected chi connectivity index (χ0v) is 16.7. The molecule has 1 N–H and O–H groups in total. The number of sulfonamides is 1. The zero-order valence-electron chi connectivity index (χ0n) is 15.9. The number of carbonyl (C=O) groups is 1. The molecule has 0 fully saturated rings. The van der Waals surface area contributed by atoms with Gasteiger partial charge in [-0.15, -0.1) is 0 Å². The van der Waals surface area contributed by atoms with Crippen LogP contribution in [0.5, 0.6) is 11.5 Å². The number of nitrogens with zero attached hydrogens (tertiary/aromatic N) is 1. The number of rotatable bonds is 9. The summed E-state index contributed by atoms with van der Waals surface area (Å²) >= 11 is 0. The van der Waals surface area contributed by atoms with Crippen LogP contribution in [0.15, 0.2) is 53.4 Å². The Morgan fingerprint density at radius 1 is 1.07 bits per heavy atom. The van der Waals surface area contributed by atoms with Crippen LogP contribution in [0.4, 0.5) is 4.39 Å². The van der Waals surface area contributed by atoms with Gasteiger partial charge in [-0.2, -0.15) is 0 Å². The van der Waals surface area contributed by atoms with Gasteiger partial charge < -0.3 is 14.8 Å². The van der Waals surface area contributed by atoms with Crippen LogP contribution in [0.1, 0.15) is 6.92 Å². The van der Waals surface area contributed by atoms with Crippen molar-refractivity contribution in [1.82, 2.24) is 9.62 Å². The van der Waals surface area contributed by atoms with E-state index in [9.17, 15) is 17.6 Å². The molecule has 0 saturated heterocycles. The van der Waals surface area contributed by atoms with Gasteiger partial charge in [0.25, 0.3) is 5.91 Å². The van der Waals surface area contributed by atoms with E-state index in [1.165, 1.54) is 50.5 Å². The first-order valence-electron chi connectivity index (χ1n) is 8.55. The van der Waals surface area contributed by atoms with Crippen LogP contribution in [0.25, 0.3) is 0 Å². The van der Waals surface area contributed by atoms with Gasteiger partial charge in [0.2, 0.25) is 10.0 Å². The maximum atomic E-state index is 12.9. The number of carbonyl (C=O) groups excluding carboxylic acids is 1. The maximum Gasteiger partial charge on any atom is 0.260 e. The molecule has 1 atom stereocenters. The van der Waals surface area contributed by atoms with Crippen molar-refractivity contribution in [2.75, 3.05) is 27.2 Å². The van der Waals surface area contributed by atoms with Crippen molar-refractivity contribution < 1.29 is 27.1 Å². The van der Waals surface area contributed by atoms with Gasteiger partial charge in [0.05, 0.1) is 11.4 Å². The molecule has 28 heavy (non-hydrogen) atoms. The second-order valence-corrected chi connectivity index (χ2v) is 8.26. The van der Waals surface area contributed by atoms with Crippen molar-refractivity contribution in [3.8, 4) is 11.5 Å². The maximum absolute atomic E-state index is 12.9. The van der Waals surface area contributed by atoms with Crippen LogP contribution >= 0.6 is 0 Å². The molecule has 0 aliphatic heterocycles. The Labute approximate surface area is 164 Å². The Hall–Kier alpha value is -2.65. The third-order valence-electron chi connectivity index (χ3n) is 3.77. The van der Waals surface area contributed by atoms with Gasteiger partial charge >= 0.3 is 0 Å². The lowest BCUT2D eigenvalue weighted by molar-refractivity contribution is -0.127. The minimum Gasteiger partial charge on any atom is -0.492 e. The number of hydrogen-bond acceptors (Lipinski definition) is 5. The van der Waals surface area contributed by atoms with E-state index in [0.717, 1.165) is 4.31 Å². The standard InChI is InChI=1S/C19H23FN2O5S/c1-14(27-17-6-4-15(20)5-7-17)19(23)21-12-13-26-16-8-10-18(11-9-16)28(24,25)22(2)3/h4-11,14H,12-13H2,1-3H3,(H,21,23). The van der Waals surface area contributed by atoms with Crippen molar-refractivity contribution in [1.29, 1.82) is 0 Å². The smallest absolute Gasteiger partial charge is 0.260 e. The van der Waals surface area contributed by atoms with Crippen LogP contribution in [-0.2, 0) is 14.8 Å². The first-order chi connectivity index (χ1) is 13.2. The topological polar surface area (TPSA) is 84.9 Å². The molecule has 1 unspecified atom stereocenters. The van der Waals surface area contributed by atoms with Crippen LogP contribution in [0.2, 0.25) is 0 Å². The van der Waals surface area contributed by atoms with Gasteiger partial charge in [-0.05, 0) is 55.5 Å². The number of ether oxygens (including phenoxy) is 2. The summed E-state index contributed by atoms with van der Waals surface area (Å²) in [7, 11) is -0.559. The Balaban J connectivity index is 1.76. The summed E-state index contributed by atoms with van der Waals surface area (Å²) in [5.41, 5.74) is 0. The summed E-state index contributed by atoms with van der Waals surface area (Å²) in [5, 5.41) is 2.67. The van der Waals surface area contributed by atoms with E-state index < -0.39 is 16.1 Å². The number of benzene rings is 2. The molecule has 0 aromatic heterocycles. The highest BCUT2D eigenvalue weighted by molar-refractivity contribution is 7.89. The number of amides is 1. The van der Waals surface area contributed by atoms with Gasteiger partial charge in [-0.1, -0.05) is 0 Å². The highest BCUT2D eigenvalue weighted by Gasteiger charge is 2.17. The first kappa shape index (κ1) is 21.6. The summed E-state index contributed by atoms with van der Waals surface area (Å²) in [6.07, 6.45) is -0.749. The Bertz CT molecular complexity index is 884. The normalized spacial score (nSPS) is 12.5. The molecule has 2 rings (SSSR count). The molecule has 7 nitrogen and oxygen atoms in total. The molecular formula is C19H23FN2O5S. The summed E-state index contributed by atoms with van der Waals surface area (Å²) < 4.78 is 48.9. The molecule has 2 aromatic carbocycles. The average molecular weight is 410 g/mol. The summed E-state index contributed by atoms with van der Waals surface area (Å²) in [5.74, 6) is 0.171. The lowest BCUT2D eigenvalue weighted by Gasteiger charge is -2.15. The van der Waals surface area contributed by atoms with Crippen molar-refractivity contribution in [2.45, 2.75) is 17.9 Å². The summed E-state index contributed by atoms with van der Waals surface area (Å²) in [4.78, 5) is 12.2. The van der Waals surface area contributed by atoms with Crippen molar-refractivity contribution in [3.63, 3.8) is 0 Å². The molecule has 0 saturated carbocycles. The van der Waals surface area contributed by atoms with Crippen molar-refractivity contribution in [3.05, 3.63) is 54.3 Å². The fourth-order valence-corrected chi connectivity index (χ4v) is 3.08. The lowest BCUT2D eigenvalue weighted by atomic mass is 10.3. The van der Waals surface area contributed by atoms with Crippen molar-refractivity contribution >= 4 is 15.9 Å². The van der Waals surface area contributed by atoms with E-state index in [4.69, 9.17) is 9.47 Å². The van der Waals surface area contributed by atoms with Gasteiger partial charge in [-0.3, -0.25) is 4.79 Å². The number of nitrogens with one attached hydrogen (secondary N) is 1. The predicted octanol–water partition coefficient (Wildman–Crippen LogP) is 2.04.